The SMILES string of the molecule is C(=C\c1ccccc1)/Cc1ccccc1.C=C(N)c1ccc(C2(c3ccc(-c4ccccc4)cc3)c3ccccc3-c3ccccc32)cc1. The fourth-order valence-electron chi connectivity index (χ4n) is 7.01. The Morgan fingerprint density at radius 1 is 0.490 bits per heavy atom. The Balaban J connectivity index is 0.000000211. The normalized spacial score (nSPS) is 12.4. The van der Waals surface area contributed by atoms with Gasteiger partial charge in [0.05, 0.1) is 5.41 Å². The van der Waals surface area contributed by atoms with E-state index < -0.39 is 5.41 Å². The summed E-state index contributed by atoms with van der Waals surface area (Å²) in [5, 5.41) is 0. The van der Waals surface area contributed by atoms with Crippen LogP contribution in [0.25, 0.3) is 34.0 Å². The van der Waals surface area contributed by atoms with E-state index in [0.717, 1.165) is 12.0 Å². The summed E-state index contributed by atoms with van der Waals surface area (Å²) in [6, 6.07) is 66.6. The predicted octanol–water partition coefficient (Wildman–Crippen LogP) is 11.6. The molecule has 2 N–H and O–H groups in total. The first-order valence-corrected chi connectivity index (χ1v) is 16.8. The predicted molar refractivity (Wildman–Crippen MR) is 208 cm³/mol. The maximum atomic E-state index is 5.99. The molecule has 49 heavy (non-hydrogen) atoms. The van der Waals surface area contributed by atoms with Crippen molar-refractivity contribution in [3.8, 4) is 22.3 Å². The average Bonchev–Trinajstić information content (AvgIpc) is 3.47. The van der Waals surface area contributed by atoms with E-state index in [-0.39, 0.29) is 0 Å². The second kappa shape index (κ2) is 14.3. The fraction of sp³-hybridized carbons (Fsp3) is 0.0417. The van der Waals surface area contributed by atoms with Crippen LogP contribution in [0.5, 0.6) is 0 Å². The molecule has 1 aliphatic carbocycles. The van der Waals surface area contributed by atoms with Crippen LogP contribution in [-0.2, 0) is 11.8 Å². The van der Waals surface area contributed by atoms with Crippen molar-refractivity contribution in [2.45, 2.75) is 11.8 Å². The lowest BCUT2D eigenvalue weighted by molar-refractivity contribution is 0.768. The smallest absolute Gasteiger partial charge is 0.0713 e. The van der Waals surface area contributed by atoms with Gasteiger partial charge in [-0.1, -0.05) is 207 Å². The molecule has 0 saturated heterocycles. The third-order valence-corrected chi connectivity index (χ3v) is 9.37. The van der Waals surface area contributed by atoms with Crippen molar-refractivity contribution in [3.05, 3.63) is 240 Å². The molecule has 0 atom stereocenters. The Kier molecular flexibility index (Phi) is 9.17. The molecule has 0 bridgehead atoms. The molecule has 0 aromatic heterocycles. The number of allylic oxidation sites excluding steroid dienone is 1. The van der Waals surface area contributed by atoms with Crippen LogP contribution in [-0.4, -0.2) is 0 Å². The van der Waals surface area contributed by atoms with Gasteiger partial charge in [0.15, 0.2) is 0 Å². The summed E-state index contributed by atoms with van der Waals surface area (Å²) in [7, 11) is 0. The fourth-order valence-corrected chi connectivity index (χ4v) is 7.01. The minimum Gasteiger partial charge on any atom is -0.399 e. The molecule has 0 spiro atoms. The second-order valence-corrected chi connectivity index (χ2v) is 12.4. The van der Waals surface area contributed by atoms with Crippen LogP contribution in [0, 0.1) is 0 Å². The number of rotatable bonds is 7. The Bertz CT molecular complexity index is 2130. The van der Waals surface area contributed by atoms with Gasteiger partial charge in [0.25, 0.3) is 0 Å². The lowest BCUT2D eigenvalue weighted by atomic mass is 9.67. The van der Waals surface area contributed by atoms with E-state index in [0.29, 0.717) is 5.70 Å². The molecule has 236 valence electrons. The minimum atomic E-state index is -0.406. The molecule has 1 aliphatic rings. The Hall–Kier alpha value is -6.18. The van der Waals surface area contributed by atoms with E-state index in [1.54, 1.807) is 0 Å². The van der Waals surface area contributed by atoms with Gasteiger partial charge in [0.2, 0.25) is 0 Å². The van der Waals surface area contributed by atoms with Crippen LogP contribution in [0.1, 0.15) is 38.9 Å². The van der Waals surface area contributed by atoms with Gasteiger partial charge in [-0.25, -0.2) is 0 Å². The van der Waals surface area contributed by atoms with E-state index in [2.05, 4.69) is 195 Å². The third-order valence-electron chi connectivity index (χ3n) is 9.37. The van der Waals surface area contributed by atoms with Crippen molar-refractivity contribution >= 4 is 11.8 Å². The molecule has 1 nitrogen and oxygen atoms in total. The van der Waals surface area contributed by atoms with Crippen molar-refractivity contribution in [3.63, 3.8) is 0 Å². The van der Waals surface area contributed by atoms with Gasteiger partial charge in [0.1, 0.15) is 0 Å². The van der Waals surface area contributed by atoms with Crippen LogP contribution in [0.3, 0.4) is 0 Å². The second-order valence-electron chi connectivity index (χ2n) is 12.4. The van der Waals surface area contributed by atoms with Crippen molar-refractivity contribution in [1.29, 1.82) is 0 Å². The Morgan fingerprint density at radius 3 is 1.49 bits per heavy atom. The van der Waals surface area contributed by atoms with Gasteiger partial charge in [-0.05, 0) is 67.6 Å². The highest BCUT2D eigenvalue weighted by atomic mass is 14.6. The van der Waals surface area contributed by atoms with E-state index in [4.69, 9.17) is 5.73 Å². The summed E-state index contributed by atoms with van der Waals surface area (Å²) in [6.45, 7) is 3.92. The van der Waals surface area contributed by atoms with E-state index in [1.807, 2.05) is 12.1 Å². The van der Waals surface area contributed by atoms with Crippen molar-refractivity contribution in [2.24, 2.45) is 5.73 Å². The molecule has 0 fully saturated rings. The molecular weight excluding hydrogens is 591 g/mol. The molecule has 0 aliphatic heterocycles. The van der Waals surface area contributed by atoms with Gasteiger partial charge in [-0.15, -0.1) is 0 Å². The van der Waals surface area contributed by atoms with E-state index in [9.17, 15) is 0 Å². The first kappa shape index (κ1) is 31.4. The molecule has 0 heterocycles. The highest BCUT2D eigenvalue weighted by molar-refractivity contribution is 5.86. The van der Waals surface area contributed by atoms with Crippen molar-refractivity contribution in [2.75, 3.05) is 0 Å². The average molecular weight is 630 g/mol. The summed E-state index contributed by atoms with van der Waals surface area (Å²) in [6.07, 6.45) is 5.35. The lowest BCUT2D eigenvalue weighted by Gasteiger charge is -2.34. The summed E-state index contributed by atoms with van der Waals surface area (Å²) in [4.78, 5) is 0. The van der Waals surface area contributed by atoms with Crippen LogP contribution in [0.4, 0.5) is 0 Å². The van der Waals surface area contributed by atoms with Crippen LogP contribution in [0.15, 0.2) is 201 Å². The maximum Gasteiger partial charge on any atom is 0.0713 e. The van der Waals surface area contributed by atoms with Crippen molar-refractivity contribution < 1.29 is 0 Å². The molecule has 7 aromatic rings. The number of benzene rings is 7. The van der Waals surface area contributed by atoms with Gasteiger partial charge in [0, 0.05) is 5.70 Å². The van der Waals surface area contributed by atoms with Crippen LogP contribution in [0.2, 0.25) is 0 Å². The quantitative estimate of drug-likeness (QED) is 0.186. The highest BCUT2D eigenvalue weighted by Gasteiger charge is 2.45. The summed E-state index contributed by atoms with van der Waals surface area (Å²) >= 11 is 0. The van der Waals surface area contributed by atoms with Gasteiger partial charge in [-0.2, -0.15) is 0 Å². The zero-order valence-electron chi connectivity index (χ0n) is 27.5. The lowest BCUT2D eigenvalue weighted by Crippen LogP contribution is -2.28. The van der Waals surface area contributed by atoms with Gasteiger partial charge in [-0.3, -0.25) is 0 Å². The Morgan fingerprint density at radius 2 is 0.939 bits per heavy atom. The molecular formula is C48H39N. The molecule has 8 rings (SSSR count). The maximum absolute atomic E-state index is 5.99. The first-order valence-electron chi connectivity index (χ1n) is 16.8. The summed E-state index contributed by atoms with van der Waals surface area (Å²) in [5.74, 6) is 0. The first-order chi connectivity index (χ1) is 24.1. The third kappa shape index (κ3) is 6.40. The number of hydrogen-bond acceptors (Lipinski definition) is 1. The molecule has 0 saturated carbocycles. The standard InChI is InChI=1S/C33H25N.C15H14/c1-23(34)24-15-19-27(20-16-24)33(28-21-17-26(18-22-28)25-9-3-2-4-10-25)31-13-7-5-11-29(31)30-12-6-8-14-32(30)33;1-3-8-14(9-4-1)12-7-13-15-10-5-2-6-11-15/h2-22H,1,34H2;1-12H,13H2/b;12-7+. The molecule has 1 heteroatoms. The summed E-state index contributed by atoms with van der Waals surface area (Å²) in [5.41, 5.74) is 19.8. The van der Waals surface area contributed by atoms with Gasteiger partial charge < -0.3 is 5.73 Å². The zero-order chi connectivity index (χ0) is 33.5. The van der Waals surface area contributed by atoms with Crippen LogP contribution >= 0.6 is 0 Å². The molecule has 0 amide bonds. The number of fused-ring (bicyclic) bond motifs is 3. The summed E-state index contributed by atoms with van der Waals surface area (Å²) < 4.78 is 0. The number of hydrogen-bond donors (Lipinski definition) is 1. The molecule has 0 unspecified atom stereocenters. The highest BCUT2D eigenvalue weighted by Crippen LogP contribution is 2.56. The Labute approximate surface area is 290 Å². The number of nitrogens with two attached hydrogens (primary N) is 1. The molecule has 7 aromatic carbocycles. The molecule has 0 radical (unpaired) electrons. The van der Waals surface area contributed by atoms with Crippen molar-refractivity contribution in [1.82, 2.24) is 0 Å². The van der Waals surface area contributed by atoms with Crippen LogP contribution < -0.4 is 5.73 Å². The van der Waals surface area contributed by atoms with E-state index >= 15 is 0 Å². The van der Waals surface area contributed by atoms with E-state index in [1.165, 1.54) is 55.6 Å². The largest absolute Gasteiger partial charge is 0.399 e. The topological polar surface area (TPSA) is 26.0 Å². The zero-order valence-corrected chi connectivity index (χ0v) is 27.5. The monoisotopic (exact) mass is 629 g/mol. The van der Waals surface area contributed by atoms with Gasteiger partial charge >= 0.3 is 0 Å². The minimum absolute atomic E-state index is 0.406.